The summed E-state index contributed by atoms with van der Waals surface area (Å²) < 4.78 is 0. The van der Waals surface area contributed by atoms with Gasteiger partial charge in [-0.25, -0.2) is 0 Å². The molecule has 0 aliphatic carbocycles. The Morgan fingerprint density at radius 1 is 1.50 bits per heavy atom. The lowest BCUT2D eigenvalue weighted by molar-refractivity contribution is 0.503. The van der Waals surface area contributed by atoms with E-state index < -0.39 is 0 Å². The molecular weight excluding hydrogens is 236 g/mol. The summed E-state index contributed by atoms with van der Waals surface area (Å²) in [6, 6.07) is 0.717. The molecule has 1 unspecified atom stereocenters. The second-order valence-corrected chi connectivity index (χ2v) is 6.16. The zero-order chi connectivity index (χ0) is 11.2. The molecule has 90 valence electrons. The number of hydrogen-bond donors (Lipinski definition) is 2. The third-order valence-corrected chi connectivity index (χ3v) is 4.99. The van der Waals surface area contributed by atoms with Crippen molar-refractivity contribution in [2.75, 3.05) is 24.6 Å². The Kier molecular flexibility index (Phi) is 5.16. The molecule has 0 radical (unpaired) electrons. The molecule has 1 aromatic heterocycles. The van der Waals surface area contributed by atoms with Crippen LogP contribution in [0.1, 0.15) is 17.5 Å². The van der Waals surface area contributed by atoms with Gasteiger partial charge in [0.25, 0.3) is 0 Å². The lowest BCUT2D eigenvalue weighted by Crippen LogP contribution is -2.39. The Morgan fingerprint density at radius 2 is 2.44 bits per heavy atom. The highest BCUT2D eigenvalue weighted by Crippen LogP contribution is 2.13. The van der Waals surface area contributed by atoms with E-state index in [0.717, 1.165) is 19.1 Å². The molecule has 0 aromatic carbocycles. The fourth-order valence-electron chi connectivity index (χ4n) is 1.87. The van der Waals surface area contributed by atoms with Gasteiger partial charge in [0.1, 0.15) is 0 Å². The van der Waals surface area contributed by atoms with Crippen molar-refractivity contribution in [3.63, 3.8) is 0 Å². The Bertz CT molecular complexity index is 306. The van der Waals surface area contributed by atoms with E-state index in [1.165, 1.54) is 35.6 Å². The van der Waals surface area contributed by atoms with Crippen LogP contribution in [0.5, 0.6) is 0 Å². The van der Waals surface area contributed by atoms with Gasteiger partial charge in [0, 0.05) is 30.6 Å². The van der Waals surface area contributed by atoms with Crippen LogP contribution in [0, 0.1) is 6.92 Å². The number of hydrogen-bond acceptors (Lipinski definition) is 4. The van der Waals surface area contributed by atoms with E-state index in [1.54, 1.807) is 11.3 Å². The maximum Gasteiger partial charge on any atom is 0.0216 e. The number of aryl methyl sites for hydroxylation is 1. The monoisotopic (exact) mass is 256 g/mol. The fraction of sp³-hybridized carbons (Fsp3) is 0.667. The second kappa shape index (κ2) is 6.64. The van der Waals surface area contributed by atoms with Crippen molar-refractivity contribution in [2.24, 2.45) is 0 Å². The highest BCUT2D eigenvalue weighted by atomic mass is 32.2. The molecule has 2 N–H and O–H groups in total. The summed E-state index contributed by atoms with van der Waals surface area (Å²) in [5.74, 6) is 2.55. The molecule has 1 atom stereocenters. The van der Waals surface area contributed by atoms with Crippen molar-refractivity contribution in [2.45, 2.75) is 25.9 Å². The van der Waals surface area contributed by atoms with Gasteiger partial charge in [-0.15, -0.1) is 0 Å². The zero-order valence-electron chi connectivity index (χ0n) is 9.79. The van der Waals surface area contributed by atoms with Crippen LogP contribution < -0.4 is 10.6 Å². The molecule has 0 bridgehead atoms. The summed E-state index contributed by atoms with van der Waals surface area (Å²) in [7, 11) is 0. The van der Waals surface area contributed by atoms with Crippen LogP contribution in [0.3, 0.4) is 0 Å². The van der Waals surface area contributed by atoms with Crippen LogP contribution in [-0.2, 0) is 6.54 Å². The van der Waals surface area contributed by atoms with Gasteiger partial charge in [0.05, 0.1) is 0 Å². The molecule has 1 aromatic rings. The van der Waals surface area contributed by atoms with Gasteiger partial charge >= 0.3 is 0 Å². The van der Waals surface area contributed by atoms with E-state index in [1.807, 2.05) is 0 Å². The van der Waals surface area contributed by atoms with E-state index in [-0.39, 0.29) is 0 Å². The molecule has 0 spiro atoms. The van der Waals surface area contributed by atoms with Crippen molar-refractivity contribution in [1.82, 2.24) is 10.6 Å². The molecule has 2 heterocycles. The van der Waals surface area contributed by atoms with Crippen LogP contribution >= 0.6 is 23.1 Å². The van der Waals surface area contributed by atoms with E-state index in [4.69, 9.17) is 0 Å². The van der Waals surface area contributed by atoms with Crippen LogP contribution in [0.4, 0.5) is 0 Å². The molecular formula is C12H20N2S2. The first-order valence-corrected chi connectivity index (χ1v) is 7.99. The molecule has 2 nitrogen and oxygen atoms in total. The van der Waals surface area contributed by atoms with Gasteiger partial charge in [0.2, 0.25) is 0 Å². The largest absolute Gasteiger partial charge is 0.313 e. The molecule has 1 aliphatic rings. The van der Waals surface area contributed by atoms with Crippen molar-refractivity contribution in [3.8, 4) is 0 Å². The Hall–Kier alpha value is -0.0300. The maximum atomic E-state index is 3.57. The average molecular weight is 256 g/mol. The summed E-state index contributed by atoms with van der Waals surface area (Å²) in [4.78, 5) is 0. The van der Waals surface area contributed by atoms with E-state index in [0.29, 0.717) is 0 Å². The van der Waals surface area contributed by atoms with Gasteiger partial charge in [-0.1, -0.05) is 0 Å². The Morgan fingerprint density at radius 3 is 3.12 bits per heavy atom. The van der Waals surface area contributed by atoms with Crippen LogP contribution in [0.2, 0.25) is 0 Å². The molecule has 4 heteroatoms. The van der Waals surface area contributed by atoms with Gasteiger partial charge < -0.3 is 10.6 Å². The van der Waals surface area contributed by atoms with Crippen molar-refractivity contribution < 1.29 is 0 Å². The van der Waals surface area contributed by atoms with E-state index in [2.05, 4.69) is 40.1 Å². The summed E-state index contributed by atoms with van der Waals surface area (Å²) in [6.07, 6.45) is 1.25. The fourth-order valence-corrected chi connectivity index (χ4v) is 3.73. The molecule has 0 saturated carbocycles. The molecule has 0 amide bonds. The third kappa shape index (κ3) is 3.77. The van der Waals surface area contributed by atoms with Gasteiger partial charge in [-0.3, -0.25) is 0 Å². The predicted molar refractivity (Wildman–Crippen MR) is 74.5 cm³/mol. The number of thioether (sulfide) groups is 1. The highest BCUT2D eigenvalue weighted by molar-refractivity contribution is 7.99. The summed E-state index contributed by atoms with van der Waals surface area (Å²) in [5, 5.41) is 11.6. The topological polar surface area (TPSA) is 24.1 Å². The van der Waals surface area contributed by atoms with Crippen molar-refractivity contribution >= 4 is 23.1 Å². The van der Waals surface area contributed by atoms with Gasteiger partial charge in [-0.2, -0.15) is 23.1 Å². The lowest BCUT2D eigenvalue weighted by atomic mass is 10.2. The summed E-state index contributed by atoms with van der Waals surface area (Å²) in [6.45, 7) is 5.51. The minimum atomic E-state index is 0.717. The minimum absolute atomic E-state index is 0.717. The Labute approximate surface area is 106 Å². The third-order valence-electron chi connectivity index (χ3n) is 2.95. The molecule has 2 rings (SSSR count). The number of nitrogens with one attached hydrogen (secondary N) is 2. The minimum Gasteiger partial charge on any atom is -0.313 e. The molecule has 16 heavy (non-hydrogen) atoms. The van der Waals surface area contributed by atoms with Crippen molar-refractivity contribution in [3.05, 3.63) is 21.9 Å². The molecule has 1 saturated heterocycles. The zero-order valence-corrected chi connectivity index (χ0v) is 11.4. The molecule has 1 fully saturated rings. The highest BCUT2D eigenvalue weighted by Gasteiger charge is 2.11. The number of rotatable bonds is 5. The SMILES string of the molecule is Cc1cscc1CNCCC1CSCCN1. The lowest BCUT2D eigenvalue weighted by Gasteiger charge is -2.23. The first-order valence-electron chi connectivity index (χ1n) is 5.90. The van der Waals surface area contributed by atoms with E-state index >= 15 is 0 Å². The smallest absolute Gasteiger partial charge is 0.0216 e. The molecule has 1 aliphatic heterocycles. The maximum absolute atomic E-state index is 3.57. The summed E-state index contributed by atoms with van der Waals surface area (Å²) in [5.41, 5.74) is 2.87. The summed E-state index contributed by atoms with van der Waals surface area (Å²) >= 11 is 3.87. The van der Waals surface area contributed by atoms with Crippen LogP contribution in [-0.4, -0.2) is 30.6 Å². The second-order valence-electron chi connectivity index (χ2n) is 4.27. The van der Waals surface area contributed by atoms with Crippen molar-refractivity contribution in [1.29, 1.82) is 0 Å². The Balaban J connectivity index is 1.59. The first kappa shape index (κ1) is 12.4. The van der Waals surface area contributed by atoms with Crippen LogP contribution in [0.15, 0.2) is 10.8 Å². The number of thiophene rings is 1. The standard InChI is InChI=1S/C12H20N2S2/c1-10-7-16-8-11(10)6-13-3-2-12-9-15-5-4-14-12/h7-8,12-14H,2-6,9H2,1H3. The quantitative estimate of drug-likeness (QED) is 0.790. The normalized spacial score (nSPS) is 21.2. The van der Waals surface area contributed by atoms with E-state index in [9.17, 15) is 0 Å². The van der Waals surface area contributed by atoms with Gasteiger partial charge in [0.15, 0.2) is 0 Å². The van der Waals surface area contributed by atoms with Crippen LogP contribution in [0.25, 0.3) is 0 Å². The van der Waals surface area contributed by atoms with Gasteiger partial charge in [-0.05, 0) is 41.8 Å². The predicted octanol–water partition coefficient (Wildman–Crippen LogP) is 2.24. The average Bonchev–Trinajstić information content (AvgIpc) is 2.72. The first-order chi connectivity index (χ1) is 7.86.